The van der Waals surface area contributed by atoms with Gasteiger partial charge in [-0.1, -0.05) is 19.1 Å². The molecule has 136 valence electrons. The Morgan fingerprint density at radius 3 is 2.68 bits per heavy atom. The van der Waals surface area contributed by atoms with E-state index in [0.717, 1.165) is 19.0 Å². The van der Waals surface area contributed by atoms with Crippen molar-refractivity contribution < 1.29 is 17.6 Å². The summed E-state index contributed by atoms with van der Waals surface area (Å²) in [6.45, 7) is 3.96. The highest BCUT2D eigenvalue weighted by Crippen LogP contribution is 2.19. The number of benzene rings is 1. The molecule has 1 aromatic heterocycles. The third kappa shape index (κ3) is 5.30. The number of aromatic amines is 1. The van der Waals surface area contributed by atoms with E-state index in [1.54, 1.807) is 0 Å². The van der Waals surface area contributed by atoms with Crippen molar-refractivity contribution in [2.75, 3.05) is 24.4 Å². The van der Waals surface area contributed by atoms with E-state index < -0.39 is 21.7 Å². The highest BCUT2D eigenvalue weighted by molar-refractivity contribution is 7.92. The van der Waals surface area contributed by atoms with Gasteiger partial charge in [0.25, 0.3) is 15.9 Å². The molecule has 0 saturated carbocycles. The van der Waals surface area contributed by atoms with Gasteiger partial charge in [0.05, 0.1) is 5.69 Å². The molecule has 1 heterocycles. The van der Waals surface area contributed by atoms with E-state index in [2.05, 4.69) is 20.3 Å². The van der Waals surface area contributed by atoms with E-state index in [-0.39, 0.29) is 16.3 Å². The zero-order valence-corrected chi connectivity index (χ0v) is 14.6. The predicted molar refractivity (Wildman–Crippen MR) is 93.5 cm³/mol. The summed E-state index contributed by atoms with van der Waals surface area (Å²) in [5.41, 5.74) is -0.0406. The summed E-state index contributed by atoms with van der Waals surface area (Å²) in [5.74, 6) is -1.09. The van der Waals surface area contributed by atoms with E-state index in [0.29, 0.717) is 13.1 Å². The molecule has 0 saturated heterocycles. The number of anilines is 1. The second kappa shape index (κ2) is 8.63. The molecule has 2 aromatic rings. The van der Waals surface area contributed by atoms with Gasteiger partial charge in [-0.05, 0) is 31.2 Å². The third-order valence-electron chi connectivity index (χ3n) is 3.34. The van der Waals surface area contributed by atoms with Crippen LogP contribution in [0.2, 0.25) is 0 Å². The summed E-state index contributed by atoms with van der Waals surface area (Å²) < 4.78 is 40.3. The second-order valence-corrected chi connectivity index (χ2v) is 7.02. The van der Waals surface area contributed by atoms with Gasteiger partial charge in [0, 0.05) is 19.3 Å². The van der Waals surface area contributed by atoms with Gasteiger partial charge < -0.3 is 15.6 Å². The first kappa shape index (κ1) is 18.9. The zero-order valence-electron chi connectivity index (χ0n) is 13.8. The number of hydrogen-bond donors (Lipinski definition) is 4. The zero-order chi connectivity index (χ0) is 18.3. The van der Waals surface area contributed by atoms with Crippen molar-refractivity contribution in [3.63, 3.8) is 0 Å². The van der Waals surface area contributed by atoms with Crippen molar-refractivity contribution in [2.45, 2.75) is 18.2 Å². The molecule has 4 N–H and O–H groups in total. The van der Waals surface area contributed by atoms with Crippen LogP contribution in [0.15, 0.2) is 41.4 Å². The molecule has 1 aromatic carbocycles. The third-order valence-corrected chi connectivity index (χ3v) is 4.69. The first-order chi connectivity index (χ1) is 11.9. The van der Waals surface area contributed by atoms with Gasteiger partial charge in [-0.25, -0.2) is 12.8 Å². The average Bonchev–Trinajstić information content (AvgIpc) is 3.07. The van der Waals surface area contributed by atoms with Crippen LogP contribution in [0.1, 0.15) is 23.8 Å². The first-order valence-corrected chi connectivity index (χ1v) is 9.37. The standard InChI is InChI=1S/C16H21FN4O3S/c1-2-7-18-8-9-19-16(22)15-10-12(11-20-15)25(23,24)21-14-6-4-3-5-13(14)17/h3-6,10-11,18,20-21H,2,7-9H2,1H3,(H,19,22). The minimum Gasteiger partial charge on any atom is -0.356 e. The summed E-state index contributed by atoms with van der Waals surface area (Å²) in [7, 11) is -3.99. The lowest BCUT2D eigenvalue weighted by Crippen LogP contribution is -2.32. The van der Waals surface area contributed by atoms with Gasteiger partial charge in [-0.2, -0.15) is 0 Å². The van der Waals surface area contributed by atoms with E-state index in [9.17, 15) is 17.6 Å². The van der Waals surface area contributed by atoms with Crippen LogP contribution in [0, 0.1) is 5.82 Å². The van der Waals surface area contributed by atoms with Crippen LogP contribution in [0.5, 0.6) is 0 Å². The fraction of sp³-hybridized carbons (Fsp3) is 0.312. The Morgan fingerprint density at radius 1 is 1.20 bits per heavy atom. The lowest BCUT2D eigenvalue weighted by molar-refractivity contribution is 0.0949. The maximum Gasteiger partial charge on any atom is 0.267 e. The summed E-state index contributed by atoms with van der Waals surface area (Å²) >= 11 is 0. The number of H-pyrrole nitrogens is 1. The van der Waals surface area contributed by atoms with E-state index >= 15 is 0 Å². The largest absolute Gasteiger partial charge is 0.356 e. The molecule has 0 radical (unpaired) electrons. The molecule has 0 spiro atoms. The molecule has 0 aliphatic rings. The number of amides is 1. The van der Waals surface area contributed by atoms with Gasteiger partial charge in [0.1, 0.15) is 16.4 Å². The van der Waals surface area contributed by atoms with Crippen LogP contribution in [0.25, 0.3) is 0 Å². The van der Waals surface area contributed by atoms with Crippen LogP contribution in [0.4, 0.5) is 10.1 Å². The number of hydrogen-bond acceptors (Lipinski definition) is 4. The molecule has 25 heavy (non-hydrogen) atoms. The molecular weight excluding hydrogens is 347 g/mol. The van der Waals surface area contributed by atoms with Gasteiger partial charge in [-0.15, -0.1) is 0 Å². The number of rotatable bonds is 9. The van der Waals surface area contributed by atoms with Gasteiger partial charge in [0.2, 0.25) is 0 Å². The minimum atomic E-state index is -3.99. The van der Waals surface area contributed by atoms with E-state index in [1.807, 2.05) is 6.92 Å². The molecule has 1 amide bonds. The number of sulfonamides is 1. The molecule has 0 aliphatic heterocycles. The molecular formula is C16H21FN4O3S. The Bertz CT molecular complexity index is 820. The Hall–Kier alpha value is -2.39. The van der Waals surface area contributed by atoms with E-state index in [1.165, 1.54) is 30.5 Å². The Kier molecular flexibility index (Phi) is 6.54. The lowest BCUT2D eigenvalue weighted by Gasteiger charge is -2.07. The Labute approximate surface area is 146 Å². The van der Waals surface area contributed by atoms with Crippen LogP contribution in [-0.2, 0) is 10.0 Å². The molecule has 0 unspecified atom stereocenters. The molecule has 0 fully saturated rings. The van der Waals surface area contributed by atoms with Gasteiger partial charge in [0.15, 0.2) is 0 Å². The fourth-order valence-electron chi connectivity index (χ4n) is 2.07. The quantitative estimate of drug-likeness (QED) is 0.506. The van der Waals surface area contributed by atoms with Crippen LogP contribution in [0.3, 0.4) is 0 Å². The van der Waals surface area contributed by atoms with Crippen molar-refractivity contribution in [3.8, 4) is 0 Å². The maximum atomic E-state index is 13.6. The fourth-order valence-corrected chi connectivity index (χ4v) is 3.13. The smallest absolute Gasteiger partial charge is 0.267 e. The predicted octanol–water partition coefficient (Wildman–Crippen LogP) is 1.68. The van der Waals surface area contributed by atoms with Crippen LogP contribution >= 0.6 is 0 Å². The van der Waals surface area contributed by atoms with Crippen molar-refractivity contribution >= 4 is 21.6 Å². The van der Waals surface area contributed by atoms with Crippen molar-refractivity contribution in [1.82, 2.24) is 15.6 Å². The molecule has 0 atom stereocenters. The molecule has 2 rings (SSSR count). The average molecular weight is 368 g/mol. The molecule has 0 bridgehead atoms. The maximum absolute atomic E-state index is 13.6. The lowest BCUT2D eigenvalue weighted by atomic mass is 10.3. The van der Waals surface area contributed by atoms with E-state index in [4.69, 9.17) is 0 Å². The summed E-state index contributed by atoms with van der Waals surface area (Å²) in [4.78, 5) is 14.5. The number of para-hydroxylation sites is 1. The van der Waals surface area contributed by atoms with Crippen molar-refractivity contribution in [2.24, 2.45) is 0 Å². The topological polar surface area (TPSA) is 103 Å². The van der Waals surface area contributed by atoms with Crippen LogP contribution < -0.4 is 15.4 Å². The first-order valence-electron chi connectivity index (χ1n) is 7.88. The normalized spacial score (nSPS) is 11.3. The highest BCUT2D eigenvalue weighted by Gasteiger charge is 2.19. The molecule has 7 nitrogen and oxygen atoms in total. The number of aromatic nitrogens is 1. The molecule has 0 aliphatic carbocycles. The van der Waals surface area contributed by atoms with Crippen LogP contribution in [-0.4, -0.2) is 38.9 Å². The number of carbonyl (C=O) groups excluding carboxylic acids is 1. The minimum absolute atomic E-state index is 0.115. The number of carbonyl (C=O) groups is 1. The monoisotopic (exact) mass is 368 g/mol. The molecule has 9 heteroatoms. The number of nitrogens with one attached hydrogen (secondary N) is 4. The highest BCUT2D eigenvalue weighted by atomic mass is 32.2. The van der Waals surface area contributed by atoms with Crippen molar-refractivity contribution in [3.05, 3.63) is 48.0 Å². The number of halogens is 1. The second-order valence-electron chi connectivity index (χ2n) is 5.34. The summed E-state index contributed by atoms with van der Waals surface area (Å²) in [5, 5.41) is 5.81. The van der Waals surface area contributed by atoms with Crippen molar-refractivity contribution in [1.29, 1.82) is 0 Å². The van der Waals surface area contributed by atoms with Gasteiger partial charge >= 0.3 is 0 Å². The summed E-state index contributed by atoms with van der Waals surface area (Å²) in [6.07, 6.45) is 2.19. The summed E-state index contributed by atoms with van der Waals surface area (Å²) in [6, 6.07) is 6.65. The SMILES string of the molecule is CCCNCCNC(=O)c1cc(S(=O)(=O)Nc2ccccc2F)c[nH]1. The Balaban J connectivity index is 1.99. The van der Waals surface area contributed by atoms with Gasteiger partial charge in [-0.3, -0.25) is 9.52 Å². The Morgan fingerprint density at radius 2 is 1.96 bits per heavy atom.